The first-order valence-corrected chi connectivity index (χ1v) is 6.24. The molecule has 8 heteroatoms. The van der Waals surface area contributed by atoms with Gasteiger partial charge in [0.25, 0.3) is 0 Å². The van der Waals surface area contributed by atoms with Gasteiger partial charge >= 0.3 is 5.97 Å². The molecular formula is C12H21N3O5. The van der Waals surface area contributed by atoms with Gasteiger partial charge in [-0.3, -0.25) is 19.2 Å². The number of carbonyl (C=O) groups is 4. The Bertz CT molecular complexity index is 383. The Hall–Kier alpha value is -1.96. The zero-order valence-corrected chi connectivity index (χ0v) is 11.9. The maximum Gasteiger partial charge on any atom is 0.303 e. The van der Waals surface area contributed by atoms with Crippen molar-refractivity contribution in [2.24, 2.45) is 0 Å². The summed E-state index contributed by atoms with van der Waals surface area (Å²) in [7, 11) is 1.53. The standard InChI is InChI=1S/C12H21N3O5/c1-7(8(2)16)15-10(17)6-14-12(20)9(13-3)4-5-11(18)19/h7,9,13H,4-6H2,1-3H3,(H,14,20)(H,15,17)(H,18,19)/t7-,9+/m1/s1. The monoisotopic (exact) mass is 287 g/mol. The van der Waals surface area contributed by atoms with E-state index in [0.717, 1.165) is 0 Å². The quantitative estimate of drug-likeness (QED) is 0.415. The third-order valence-electron chi connectivity index (χ3n) is 2.72. The number of aliphatic carboxylic acids is 1. The number of hydrogen-bond acceptors (Lipinski definition) is 5. The van der Waals surface area contributed by atoms with Crippen LogP contribution in [-0.4, -0.2) is 54.3 Å². The summed E-state index contributed by atoms with van der Waals surface area (Å²) in [5.41, 5.74) is 0. The predicted octanol–water partition coefficient (Wildman–Crippen LogP) is -1.35. The number of ketones is 1. The number of rotatable bonds is 9. The van der Waals surface area contributed by atoms with Crippen molar-refractivity contribution in [3.63, 3.8) is 0 Å². The highest BCUT2D eigenvalue weighted by Crippen LogP contribution is 1.97. The molecule has 0 aliphatic carbocycles. The second-order valence-electron chi connectivity index (χ2n) is 4.39. The van der Waals surface area contributed by atoms with E-state index in [2.05, 4.69) is 16.0 Å². The van der Waals surface area contributed by atoms with Gasteiger partial charge in [0.05, 0.1) is 18.6 Å². The Morgan fingerprint density at radius 2 is 1.80 bits per heavy atom. The summed E-state index contributed by atoms with van der Waals surface area (Å²) in [6, 6.07) is -1.28. The van der Waals surface area contributed by atoms with Crippen LogP contribution in [0, 0.1) is 0 Å². The molecule has 0 fully saturated rings. The van der Waals surface area contributed by atoms with E-state index in [9.17, 15) is 19.2 Å². The molecule has 0 rings (SSSR count). The Morgan fingerprint density at radius 3 is 2.25 bits per heavy atom. The van der Waals surface area contributed by atoms with Crippen molar-refractivity contribution in [2.75, 3.05) is 13.6 Å². The summed E-state index contributed by atoms with van der Waals surface area (Å²) in [4.78, 5) is 44.5. The number of carboxylic acid groups (broad SMARTS) is 1. The molecule has 0 aromatic carbocycles. The molecule has 8 nitrogen and oxygen atoms in total. The van der Waals surface area contributed by atoms with Crippen LogP contribution < -0.4 is 16.0 Å². The van der Waals surface area contributed by atoms with Crippen LogP contribution in [0.15, 0.2) is 0 Å². The van der Waals surface area contributed by atoms with Gasteiger partial charge in [-0.05, 0) is 27.3 Å². The summed E-state index contributed by atoms with van der Waals surface area (Å²) >= 11 is 0. The Labute approximate surface area is 117 Å². The van der Waals surface area contributed by atoms with E-state index in [-0.39, 0.29) is 25.2 Å². The van der Waals surface area contributed by atoms with Crippen molar-refractivity contribution in [3.8, 4) is 0 Å². The molecule has 0 aliphatic rings. The zero-order valence-electron chi connectivity index (χ0n) is 11.9. The summed E-state index contributed by atoms with van der Waals surface area (Å²) < 4.78 is 0. The second-order valence-corrected chi connectivity index (χ2v) is 4.39. The fourth-order valence-corrected chi connectivity index (χ4v) is 1.36. The lowest BCUT2D eigenvalue weighted by molar-refractivity contribution is -0.137. The number of hydrogen-bond donors (Lipinski definition) is 4. The van der Waals surface area contributed by atoms with Gasteiger partial charge in [-0.1, -0.05) is 0 Å². The minimum Gasteiger partial charge on any atom is -0.481 e. The van der Waals surface area contributed by atoms with E-state index in [4.69, 9.17) is 5.11 Å². The molecule has 2 amide bonds. The van der Waals surface area contributed by atoms with Crippen LogP contribution in [0.2, 0.25) is 0 Å². The average molecular weight is 287 g/mol. The lowest BCUT2D eigenvalue weighted by Crippen LogP contribution is -2.48. The third kappa shape index (κ3) is 7.47. The van der Waals surface area contributed by atoms with Gasteiger partial charge in [-0.2, -0.15) is 0 Å². The number of carbonyl (C=O) groups excluding carboxylic acids is 3. The molecule has 0 spiro atoms. The van der Waals surface area contributed by atoms with Crippen LogP contribution in [-0.2, 0) is 19.2 Å². The smallest absolute Gasteiger partial charge is 0.303 e. The normalized spacial score (nSPS) is 13.2. The number of Topliss-reactive ketones (excluding diaryl/α,β-unsaturated/α-hetero) is 1. The SMILES string of the molecule is CN[C@@H](CCC(=O)O)C(=O)NCC(=O)N[C@H](C)C(C)=O. The molecule has 0 saturated heterocycles. The molecule has 2 atom stereocenters. The second kappa shape index (κ2) is 9.03. The Balaban J connectivity index is 4.15. The molecule has 0 heterocycles. The molecule has 0 bridgehead atoms. The number of likely N-dealkylation sites (N-methyl/N-ethyl adjacent to an activating group) is 1. The van der Waals surface area contributed by atoms with E-state index >= 15 is 0 Å². The predicted molar refractivity (Wildman–Crippen MR) is 71.0 cm³/mol. The fourth-order valence-electron chi connectivity index (χ4n) is 1.36. The van der Waals surface area contributed by atoms with Crippen molar-refractivity contribution in [1.29, 1.82) is 0 Å². The first kappa shape index (κ1) is 18.0. The molecule has 114 valence electrons. The third-order valence-corrected chi connectivity index (χ3v) is 2.72. The first-order valence-electron chi connectivity index (χ1n) is 6.24. The fraction of sp³-hybridized carbons (Fsp3) is 0.667. The van der Waals surface area contributed by atoms with Crippen LogP contribution in [0.5, 0.6) is 0 Å². The van der Waals surface area contributed by atoms with Crippen molar-refractivity contribution >= 4 is 23.6 Å². The van der Waals surface area contributed by atoms with Gasteiger partial charge in [-0.25, -0.2) is 0 Å². The van der Waals surface area contributed by atoms with Crippen LogP contribution in [0.3, 0.4) is 0 Å². The van der Waals surface area contributed by atoms with Gasteiger partial charge in [-0.15, -0.1) is 0 Å². The van der Waals surface area contributed by atoms with Crippen molar-refractivity contribution in [2.45, 2.75) is 38.8 Å². The van der Waals surface area contributed by atoms with Gasteiger partial charge < -0.3 is 21.1 Å². The molecular weight excluding hydrogens is 266 g/mol. The highest BCUT2D eigenvalue weighted by atomic mass is 16.4. The van der Waals surface area contributed by atoms with Crippen LogP contribution in [0.4, 0.5) is 0 Å². The van der Waals surface area contributed by atoms with E-state index < -0.39 is 29.9 Å². The topological polar surface area (TPSA) is 125 Å². The van der Waals surface area contributed by atoms with E-state index in [0.29, 0.717) is 0 Å². The summed E-state index contributed by atoms with van der Waals surface area (Å²) in [6.07, 6.45) is -0.0182. The Kier molecular flexibility index (Phi) is 8.14. The molecule has 0 radical (unpaired) electrons. The average Bonchev–Trinajstić information content (AvgIpc) is 2.36. The van der Waals surface area contributed by atoms with Crippen LogP contribution >= 0.6 is 0 Å². The Morgan fingerprint density at radius 1 is 1.20 bits per heavy atom. The highest BCUT2D eigenvalue weighted by molar-refractivity contribution is 5.90. The van der Waals surface area contributed by atoms with Gasteiger partial charge in [0, 0.05) is 6.42 Å². The molecule has 20 heavy (non-hydrogen) atoms. The van der Waals surface area contributed by atoms with E-state index in [1.165, 1.54) is 14.0 Å². The molecule has 0 aliphatic heterocycles. The van der Waals surface area contributed by atoms with Crippen molar-refractivity contribution in [1.82, 2.24) is 16.0 Å². The molecule has 0 saturated carbocycles. The van der Waals surface area contributed by atoms with Crippen LogP contribution in [0.25, 0.3) is 0 Å². The number of amides is 2. The van der Waals surface area contributed by atoms with Crippen LogP contribution in [0.1, 0.15) is 26.7 Å². The minimum atomic E-state index is -0.994. The maximum atomic E-state index is 11.7. The van der Waals surface area contributed by atoms with Crippen molar-refractivity contribution < 1.29 is 24.3 Å². The largest absolute Gasteiger partial charge is 0.481 e. The minimum absolute atomic E-state index is 0.128. The number of carboxylic acids is 1. The van der Waals surface area contributed by atoms with E-state index in [1.807, 2.05) is 0 Å². The summed E-state index contributed by atoms with van der Waals surface area (Å²) in [5, 5.41) is 16.0. The lowest BCUT2D eigenvalue weighted by Gasteiger charge is -2.16. The van der Waals surface area contributed by atoms with Gasteiger partial charge in [0.2, 0.25) is 11.8 Å². The molecule has 4 N–H and O–H groups in total. The maximum absolute atomic E-state index is 11.7. The molecule has 0 unspecified atom stereocenters. The van der Waals surface area contributed by atoms with Gasteiger partial charge in [0.15, 0.2) is 5.78 Å². The molecule has 0 aromatic heterocycles. The molecule has 0 aromatic rings. The highest BCUT2D eigenvalue weighted by Gasteiger charge is 2.18. The first-order chi connectivity index (χ1) is 9.27. The summed E-state index contributed by atoms with van der Waals surface area (Å²) in [5.74, 6) is -2.11. The van der Waals surface area contributed by atoms with Crippen molar-refractivity contribution in [3.05, 3.63) is 0 Å². The zero-order chi connectivity index (χ0) is 15.7. The van der Waals surface area contributed by atoms with Gasteiger partial charge in [0.1, 0.15) is 0 Å². The van der Waals surface area contributed by atoms with E-state index in [1.54, 1.807) is 6.92 Å². The number of nitrogens with one attached hydrogen (secondary N) is 3. The lowest BCUT2D eigenvalue weighted by atomic mass is 10.1. The summed E-state index contributed by atoms with van der Waals surface area (Å²) in [6.45, 7) is 2.64.